The van der Waals surface area contributed by atoms with Crippen LogP contribution < -0.4 is 5.32 Å². The number of ether oxygens (including phenoxy) is 1. The summed E-state index contributed by atoms with van der Waals surface area (Å²) < 4.78 is 20.2. The van der Waals surface area contributed by atoms with Gasteiger partial charge in [0.2, 0.25) is 0 Å². The van der Waals surface area contributed by atoms with Gasteiger partial charge in [-0.3, -0.25) is 9.78 Å². The topological polar surface area (TPSA) is 77.0 Å². The number of carbonyl (C=O) groups excluding carboxylic acids is 1. The average Bonchev–Trinajstić information content (AvgIpc) is 2.85. The molecule has 33 heavy (non-hydrogen) atoms. The summed E-state index contributed by atoms with van der Waals surface area (Å²) in [4.78, 5) is 26.4. The second kappa shape index (κ2) is 10.2. The Labute approximate surface area is 193 Å². The Bertz CT molecular complexity index is 1110. The number of carbonyl (C=O) groups is 1. The molecule has 2 heterocycles. The van der Waals surface area contributed by atoms with Crippen LogP contribution in [0.2, 0.25) is 0 Å². The van der Waals surface area contributed by atoms with Crippen LogP contribution in [0.1, 0.15) is 73.2 Å². The normalized spacial score (nSPS) is 18.3. The Hall–Kier alpha value is -3.19. The maximum atomic E-state index is 14.7. The van der Waals surface area contributed by atoms with Crippen LogP contribution in [0, 0.1) is 5.82 Å². The minimum atomic E-state index is -0.349. The van der Waals surface area contributed by atoms with Gasteiger partial charge in [-0.2, -0.15) is 0 Å². The third-order valence-electron chi connectivity index (χ3n) is 6.23. The van der Waals surface area contributed by atoms with E-state index in [9.17, 15) is 9.18 Å². The zero-order valence-electron chi connectivity index (χ0n) is 19.2. The molecule has 0 bridgehead atoms. The largest absolute Gasteiger partial charge is 0.381 e. The molecule has 0 saturated heterocycles. The fourth-order valence-electron chi connectivity index (χ4n) is 4.33. The van der Waals surface area contributed by atoms with Crippen molar-refractivity contribution >= 4 is 11.6 Å². The first kappa shape index (κ1) is 23.0. The predicted molar refractivity (Wildman–Crippen MR) is 126 cm³/mol. The molecular weight excluding hydrogens is 419 g/mol. The number of hydrogen-bond donors (Lipinski definition) is 1. The summed E-state index contributed by atoms with van der Waals surface area (Å²) in [5, 5.41) is 3.01. The van der Waals surface area contributed by atoms with E-state index in [1.165, 1.54) is 18.5 Å². The molecule has 1 amide bonds. The Kier molecular flexibility index (Phi) is 7.08. The van der Waals surface area contributed by atoms with Crippen molar-refractivity contribution in [3.05, 3.63) is 71.8 Å². The second-order valence-corrected chi connectivity index (χ2v) is 8.75. The number of hydrogen-bond acceptors (Lipinski definition) is 5. The third kappa shape index (κ3) is 5.09. The van der Waals surface area contributed by atoms with Crippen molar-refractivity contribution in [2.45, 2.75) is 57.5 Å². The molecule has 1 N–H and O–H groups in total. The van der Waals surface area contributed by atoms with Gasteiger partial charge in [-0.25, -0.2) is 14.4 Å². The molecule has 1 saturated carbocycles. The van der Waals surface area contributed by atoms with Gasteiger partial charge in [0, 0.05) is 48.7 Å². The fourth-order valence-corrected chi connectivity index (χ4v) is 4.33. The molecule has 1 aromatic carbocycles. The quantitative estimate of drug-likeness (QED) is 0.521. The molecule has 1 fully saturated rings. The van der Waals surface area contributed by atoms with E-state index < -0.39 is 0 Å². The first-order valence-corrected chi connectivity index (χ1v) is 11.4. The van der Waals surface area contributed by atoms with E-state index in [4.69, 9.17) is 4.74 Å². The highest BCUT2D eigenvalue weighted by Crippen LogP contribution is 2.40. The van der Waals surface area contributed by atoms with Gasteiger partial charge in [0.25, 0.3) is 5.91 Å². The van der Waals surface area contributed by atoms with Gasteiger partial charge in [-0.15, -0.1) is 0 Å². The molecule has 6 nitrogen and oxygen atoms in total. The van der Waals surface area contributed by atoms with E-state index in [0.29, 0.717) is 28.2 Å². The fraction of sp³-hybridized carbons (Fsp3) is 0.385. The first-order chi connectivity index (χ1) is 16.0. The van der Waals surface area contributed by atoms with E-state index in [0.717, 1.165) is 31.4 Å². The minimum Gasteiger partial charge on any atom is -0.381 e. The lowest BCUT2D eigenvalue weighted by Gasteiger charge is -2.29. The van der Waals surface area contributed by atoms with Gasteiger partial charge in [-0.1, -0.05) is 32.0 Å². The van der Waals surface area contributed by atoms with Crippen LogP contribution in [0.15, 0.2) is 48.9 Å². The summed E-state index contributed by atoms with van der Waals surface area (Å²) in [5.41, 5.74) is 2.70. The van der Waals surface area contributed by atoms with Crippen molar-refractivity contribution in [2.75, 3.05) is 12.4 Å². The van der Waals surface area contributed by atoms with E-state index in [1.807, 2.05) is 13.8 Å². The molecule has 0 spiro atoms. The van der Waals surface area contributed by atoms with E-state index in [2.05, 4.69) is 20.3 Å². The van der Waals surface area contributed by atoms with Crippen molar-refractivity contribution < 1.29 is 13.9 Å². The standard InChI is InChI=1S/C26H29FN4O2/c1-16(2)25-29-14-18(15-30-25)26(32)31-24-21(20-6-4-5-7-22(20)27)12-13-28-23(24)17-8-10-19(33-3)11-9-17/h4-7,12-17,19H,8-11H2,1-3H3,(H,31,32)/t17-,19+. The molecule has 3 aromatic rings. The SMILES string of the molecule is CO[C@H]1CC[C@@H](c2nccc(-c3ccccc3F)c2NC(=O)c2cnc(C(C)C)nc2)CC1. The van der Waals surface area contributed by atoms with Gasteiger partial charge in [0.05, 0.1) is 23.0 Å². The van der Waals surface area contributed by atoms with Crippen molar-refractivity contribution in [1.82, 2.24) is 15.0 Å². The number of aromatic nitrogens is 3. The number of rotatable bonds is 6. The molecule has 172 valence electrons. The number of pyridine rings is 1. The molecule has 2 aromatic heterocycles. The predicted octanol–water partition coefficient (Wildman–Crippen LogP) is 5.73. The molecule has 4 rings (SSSR count). The highest BCUT2D eigenvalue weighted by atomic mass is 19.1. The maximum Gasteiger partial charge on any atom is 0.258 e. The van der Waals surface area contributed by atoms with Crippen molar-refractivity contribution in [3.63, 3.8) is 0 Å². The van der Waals surface area contributed by atoms with E-state index in [1.54, 1.807) is 37.6 Å². The zero-order valence-corrected chi connectivity index (χ0v) is 19.2. The Morgan fingerprint density at radius 2 is 1.73 bits per heavy atom. The number of benzene rings is 1. The van der Waals surface area contributed by atoms with Crippen molar-refractivity contribution in [3.8, 4) is 11.1 Å². The van der Waals surface area contributed by atoms with Gasteiger partial charge in [0.15, 0.2) is 0 Å². The Morgan fingerprint density at radius 1 is 1.03 bits per heavy atom. The Balaban J connectivity index is 1.72. The van der Waals surface area contributed by atoms with Crippen LogP contribution in [0.25, 0.3) is 11.1 Å². The van der Waals surface area contributed by atoms with Gasteiger partial charge in [0.1, 0.15) is 11.6 Å². The monoisotopic (exact) mass is 448 g/mol. The molecule has 0 radical (unpaired) electrons. The number of amides is 1. The maximum absolute atomic E-state index is 14.7. The lowest BCUT2D eigenvalue weighted by molar-refractivity contribution is 0.0655. The molecule has 0 atom stereocenters. The van der Waals surface area contributed by atoms with Crippen LogP contribution in [-0.4, -0.2) is 34.1 Å². The molecule has 0 aliphatic heterocycles. The van der Waals surface area contributed by atoms with Gasteiger partial charge >= 0.3 is 0 Å². The first-order valence-electron chi connectivity index (χ1n) is 11.4. The van der Waals surface area contributed by atoms with Crippen LogP contribution >= 0.6 is 0 Å². The lowest BCUT2D eigenvalue weighted by Crippen LogP contribution is -2.22. The second-order valence-electron chi connectivity index (χ2n) is 8.75. The zero-order chi connectivity index (χ0) is 23.4. The number of methoxy groups -OCH3 is 1. The third-order valence-corrected chi connectivity index (χ3v) is 6.23. The number of anilines is 1. The van der Waals surface area contributed by atoms with Gasteiger partial charge < -0.3 is 10.1 Å². The molecule has 7 heteroatoms. The average molecular weight is 449 g/mol. The number of nitrogens with one attached hydrogen (secondary N) is 1. The molecule has 1 aliphatic rings. The summed E-state index contributed by atoms with van der Waals surface area (Å²) in [6.07, 6.45) is 8.61. The van der Waals surface area contributed by atoms with Crippen molar-refractivity contribution in [2.24, 2.45) is 0 Å². The summed E-state index contributed by atoms with van der Waals surface area (Å²) in [7, 11) is 1.74. The highest BCUT2D eigenvalue weighted by molar-refractivity contribution is 6.06. The lowest BCUT2D eigenvalue weighted by atomic mass is 9.83. The van der Waals surface area contributed by atoms with Crippen LogP contribution in [0.3, 0.4) is 0 Å². The van der Waals surface area contributed by atoms with Crippen LogP contribution in [0.5, 0.6) is 0 Å². The molecule has 1 aliphatic carbocycles. The van der Waals surface area contributed by atoms with Crippen molar-refractivity contribution in [1.29, 1.82) is 0 Å². The summed E-state index contributed by atoms with van der Waals surface area (Å²) >= 11 is 0. The van der Waals surface area contributed by atoms with Crippen LogP contribution in [-0.2, 0) is 4.74 Å². The summed E-state index contributed by atoms with van der Waals surface area (Å²) in [6, 6.07) is 8.32. The summed E-state index contributed by atoms with van der Waals surface area (Å²) in [5.74, 6) is 0.302. The molecule has 0 unspecified atom stereocenters. The smallest absolute Gasteiger partial charge is 0.258 e. The van der Waals surface area contributed by atoms with Crippen LogP contribution in [0.4, 0.5) is 10.1 Å². The highest BCUT2D eigenvalue weighted by Gasteiger charge is 2.27. The number of nitrogens with zero attached hydrogens (tertiary/aromatic N) is 3. The van der Waals surface area contributed by atoms with E-state index >= 15 is 0 Å². The van der Waals surface area contributed by atoms with E-state index in [-0.39, 0.29) is 29.7 Å². The molecular formula is C26H29FN4O2. The number of halogens is 1. The van der Waals surface area contributed by atoms with Gasteiger partial charge in [-0.05, 0) is 37.8 Å². The Morgan fingerprint density at radius 3 is 2.36 bits per heavy atom. The minimum absolute atomic E-state index is 0.151. The summed E-state index contributed by atoms with van der Waals surface area (Å²) in [6.45, 7) is 3.99.